The Morgan fingerprint density at radius 2 is 2.11 bits per heavy atom. The lowest BCUT2D eigenvalue weighted by Gasteiger charge is -2.24. The number of nitrogens with zero attached hydrogens (tertiary/aromatic N) is 1. The van der Waals surface area contributed by atoms with E-state index in [0.29, 0.717) is 5.75 Å². The summed E-state index contributed by atoms with van der Waals surface area (Å²) in [6.45, 7) is 3.88. The Labute approximate surface area is 113 Å². The van der Waals surface area contributed by atoms with Gasteiger partial charge in [-0.2, -0.15) is 0 Å². The number of benzene rings is 1. The molecule has 0 spiro atoms. The minimum Gasteiger partial charge on any atom is -0.326 e. The van der Waals surface area contributed by atoms with Crippen LogP contribution in [0.3, 0.4) is 0 Å². The summed E-state index contributed by atoms with van der Waals surface area (Å²) in [5.41, 5.74) is 2.50. The van der Waals surface area contributed by atoms with Crippen molar-refractivity contribution in [3.05, 3.63) is 35.4 Å². The van der Waals surface area contributed by atoms with Gasteiger partial charge in [-0.1, -0.05) is 29.8 Å². The lowest BCUT2D eigenvalue weighted by molar-refractivity contribution is -0.128. The molecule has 1 heterocycles. The first-order chi connectivity index (χ1) is 8.72. The highest BCUT2D eigenvalue weighted by Gasteiger charge is 2.31. The summed E-state index contributed by atoms with van der Waals surface area (Å²) in [5, 5.41) is 3.33. The summed E-state index contributed by atoms with van der Waals surface area (Å²) in [5.74, 6) is 0.875. The molecular formula is C14H20N2OS. The Morgan fingerprint density at radius 1 is 1.39 bits per heavy atom. The van der Waals surface area contributed by atoms with E-state index in [1.54, 1.807) is 11.8 Å². The zero-order valence-electron chi connectivity index (χ0n) is 11.0. The first-order valence-corrected chi connectivity index (χ1v) is 7.39. The van der Waals surface area contributed by atoms with E-state index in [2.05, 4.69) is 36.5 Å². The molecule has 1 N–H and O–H groups in total. The van der Waals surface area contributed by atoms with Gasteiger partial charge in [-0.05, 0) is 32.5 Å². The van der Waals surface area contributed by atoms with E-state index in [1.165, 1.54) is 11.1 Å². The van der Waals surface area contributed by atoms with Crippen LogP contribution in [0.25, 0.3) is 0 Å². The molecule has 18 heavy (non-hydrogen) atoms. The smallest absolute Gasteiger partial charge is 0.233 e. The average Bonchev–Trinajstić information content (AvgIpc) is 2.73. The van der Waals surface area contributed by atoms with Crippen molar-refractivity contribution in [2.45, 2.75) is 18.7 Å². The summed E-state index contributed by atoms with van der Waals surface area (Å²) in [4.78, 5) is 13.9. The maximum atomic E-state index is 11.9. The number of nitrogens with one attached hydrogen (secondary N) is 1. The summed E-state index contributed by atoms with van der Waals surface area (Å²) >= 11 is 1.73. The Hall–Kier alpha value is -1.00. The van der Waals surface area contributed by atoms with E-state index in [9.17, 15) is 4.79 Å². The largest absolute Gasteiger partial charge is 0.326 e. The first kappa shape index (κ1) is 13.4. The minimum atomic E-state index is 0.204. The second-order valence-electron chi connectivity index (χ2n) is 4.62. The van der Waals surface area contributed by atoms with Crippen LogP contribution in [0.2, 0.25) is 0 Å². The van der Waals surface area contributed by atoms with Crippen LogP contribution in [0.5, 0.6) is 0 Å². The van der Waals surface area contributed by atoms with Crippen LogP contribution < -0.4 is 5.32 Å². The Kier molecular flexibility index (Phi) is 4.66. The molecule has 0 bridgehead atoms. The monoisotopic (exact) mass is 264 g/mol. The first-order valence-electron chi connectivity index (χ1n) is 6.34. The number of rotatable bonds is 5. The van der Waals surface area contributed by atoms with Crippen molar-refractivity contribution in [1.82, 2.24) is 10.2 Å². The number of hydrogen-bond acceptors (Lipinski definition) is 3. The quantitative estimate of drug-likeness (QED) is 0.827. The van der Waals surface area contributed by atoms with Crippen LogP contribution in [-0.2, 0) is 4.79 Å². The van der Waals surface area contributed by atoms with Crippen molar-refractivity contribution in [1.29, 1.82) is 0 Å². The molecule has 1 aliphatic heterocycles. The Morgan fingerprint density at radius 3 is 2.78 bits per heavy atom. The van der Waals surface area contributed by atoms with Gasteiger partial charge in [0.05, 0.1) is 5.75 Å². The minimum absolute atomic E-state index is 0.204. The van der Waals surface area contributed by atoms with Gasteiger partial charge in [0.25, 0.3) is 0 Å². The standard InChI is InChI=1S/C14H20N2OS/c1-11-4-6-12(7-5-11)14-16(9-3-8-15-2)13(17)10-18-14/h4-7,14-15H,3,8-10H2,1-2H3. The highest BCUT2D eigenvalue weighted by molar-refractivity contribution is 8.00. The van der Waals surface area contributed by atoms with Crippen molar-refractivity contribution in [3.8, 4) is 0 Å². The fourth-order valence-electron chi connectivity index (χ4n) is 2.13. The Balaban J connectivity index is 2.06. The molecule has 3 nitrogen and oxygen atoms in total. The third-order valence-electron chi connectivity index (χ3n) is 3.16. The number of carbonyl (C=O) groups is 1. The topological polar surface area (TPSA) is 32.3 Å². The molecule has 1 aromatic carbocycles. The number of aryl methyl sites for hydroxylation is 1. The van der Waals surface area contributed by atoms with Gasteiger partial charge < -0.3 is 10.2 Å². The zero-order chi connectivity index (χ0) is 13.0. The highest BCUT2D eigenvalue weighted by atomic mass is 32.2. The van der Waals surface area contributed by atoms with Gasteiger partial charge >= 0.3 is 0 Å². The van der Waals surface area contributed by atoms with Crippen molar-refractivity contribution < 1.29 is 4.79 Å². The zero-order valence-corrected chi connectivity index (χ0v) is 11.8. The molecule has 1 unspecified atom stereocenters. The van der Waals surface area contributed by atoms with Crippen molar-refractivity contribution in [2.24, 2.45) is 0 Å². The molecular weight excluding hydrogens is 244 g/mol. The predicted molar refractivity (Wildman–Crippen MR) is 76.6 cm³/mol. The number of amides is 1. The van der Waals surface area contributed by atoms with Crippen LogP contribution in [0.1, 0.15) is 22.9 Å². The SMILES string of the molecule is CNCCCN1C(=O)CSC1c1ccc(C)cc1. The molecule has 1 aliphatic rings. The molecule has 98 valence electrons. The molecule has 0 radical (unpaired) electrons. The van der Waals surface area contributed by atoms with E-state index in [1.807, 2.05) is 11.9 Å². The molecule has 1 atom stereocenters. The second-order valence-corrected chi connectivity index (χ2v) is 5.69. The van der Waals surface area contributed by atoms with Gasteiger partial charge in [0, 0.05) is 6.54 Å². The van der Waals surface area contributed by atoms with Gasteiger partial charge in [-0.25, -0.2) is 0 Å². The van der Waals surface area contributed by atoms with Crippen LogP contribution in [0.4, 0.5) is 0 Å². The summed E-state index contributed by atoms with van der Waals surface area (Å²) in [6, 6.07) is 8.50. The number of carbonyl (C=O) groups excluding carboxylic acids is 1. The fourth-order valence-corrected chi connectivity index (χ4v) is 3.35. The molecule has 0 saturated carbocycles. The lowest BCUT2D eigenvalue weighted by atomic mass is 10.1. The molecule has 1 amide bonds. The molecule has 0 aliphatic carbocycles. The summed E-state index contributed by atoms with van der Waals surface area (Å²) in [7, 11) is 1.94. The van der Waals surface area contributed by atoms with Crippen LogP contribution >= 0.6 is 11.8 Å². The summed E-state index contributed by atoms with van der Waals surface area (Å²) in [6.07, 6.45) is 1.01. The maximum absolute atomic E-state index is 11.9. The molecule has 1 saturated heterocycles. The van der Waals surface area contributed by atoms with E-state index >= 15 is 0 Å². The normalized spacial score (nSPS) is 19.6. The Bertz CT molecular complexity index is 405. The van der Waals surface area contributed by atoms with E-state index in [4.69, 9.17) is 0 Å². The maximum Gasteiger partial charge on any atom is 0.233 e. The van der Waals surface area contributed by atoms with E-state index in [0.717, 1.165) is 19.5 Å². The van der Waals surface area contributed by atoms with E-state index < -0.39 is 0 Å². The molecule has 2 rings (SSSR count). The van der Waals surface area contributed by atoms with Crippen molar-refractivity contribution >= 4 is 17.7 Å². The fraction of sp³-hybridized carbons (Fsp3) is 0.500. The molecule has 0 aromatic heterocycles. The average molecular weight is 264 g/mol. The number of hydrogen-bond donors (Lipinski definition) is 1. The highest BCUT2D eigenvalue weighted by Crippen LogP contribution is 2.38. The van der Waals surface area contributed by atoms with Crippen molar-refractivity contribution in [3.63, 3.8) is 0 Å². The second kappa shape index (κ2) is 6.25. The van der Waals surface area contributed by atoms with Crippen LogP contribution in [-0.4, -0.2) is 36.7 Å². The van der Waals surface area contributed by atoms with Crippen LogP contribution in [0.15, 0.2) is 24.3 Å². The van der Waals surface area contributed by atoms with Gasteiger partial charge in [-0.15, -0.1) is 11.8 Å². The van der Waals surface area contributed by atoms with E-state index in [-0.39, 0.29) is 11.3 Å². The predicted octanol–water partition coefficient (Wildman–Crippen LogP) is 2.18. The van der Waals surface area contributed by atoms with Crippen molar-refractivity contribution in [2.75, 3.05) is 25.9 Å². The third-order valence-corrected chi connectivity index (χ3v) is 4.41. The molecule has 1 fully saturated rings. The molecule has 4 heteroatoms. The number of thioether (sulfide) groups is 1. The molecule has 1 aromatic rings. The lowest BCUT2D eigenvalue weighted by Crippen LogP contribution is -2.30. The van der Waals surface area contributed by atoms with Crippen LogP contribution in [0, 0.1) is 6.92 Å². The third kappa shape index (κ3) is 3.06. The van der Waals surface area contributed by atoms with Gasteiger partial charge in [0.15, 0.2) is 0 Å². The van der Waals surface area contributed by atoms with Gasteiger partial charge in [0.1, 0.15) is 5.37 Å². The summed E-state index contributed by atoms with van der Waals surface area (Å²) < 4.78 is 0. The van der Waals surface area contributed by atoms with Gasteiger partial charge in [-0.3, -0.25) is 4.79 Å². The van der Waals surface area contributed by atoms with Gasteiger partial charge in [0.2, 0.25) is 5.91 Å².